The second-order valence-corrected chi connectivity index (χ2v) is 7.92. The van der Waals surface area contributed by atoms with Gasteiger partial charge in [0.1, 0.15) is 11.2 Å². The highest BCUT2D eigenvalue weighted by Crippen LogP contribution is 2.41. The number of benzene rings is 2. The number of fused-ring (bicyclic) bond motifs is 1. The number of para-hydroxylation sites is 1. The van der Waals surface area contributed by atoms with Gasteiger partial charge in [0.05, 0.1) is 11.3 Å². The Balaban J connectivity index is 1.52. The van der Waals surface area contributed by atoms with E-state index >= 15 is 0 Å². The molecule has 0 unspecified atom stereocenters. The third kappa shape index (κ3) is 2.68. The lowest BCUT2D eigenvalue weighted by Crippen LogP contribution is -2.44. The van der Waals surface area contributed by atoms with E-state index in [1.165, 1.54) is 0 Å². The van der Waals surface area contributed by atoms with E-state index in [0.717, 1.165) is 40.4 Å². The van der Waals surface area contributed by atoms with Crippen molar-refractivity contribution in [2.24, 2.45) is 0 Å². The summed E-state index contributed by atoms with van der Waals surface area (Å²) in [6.45, 7) is 0. The molecule has 1 amide bonds. The first kappa shape index (κ1) is 15.9. The number of halogens is 1. The number of carbonyl (C=O) groups is 1. The minimum atomic E-state index is -0.220. The van der Waals surface area contributed by atoms with Crippen LogP contribution in [0.2, 0.25) is 5.02 Å². The molecule has 1 atom stereocenters. The molecule has 6 heteroatoms. The molecule has 0 spiro atoms. The Morgan fingerprint density at radius 3 is 2.65 bits per heavy atom. The lowest BCUT2D eigenvalue weighted by molar-refractivity contribution is 0.0663. The molecule has 1 N–H and O–H groups in total. The summed E-state index contributed by atoms with van der Waals surface area (Å²) in [5, 5.41) is 7.20. The Morgan fingerprint density at radius 1 is 1.12 bits per heavy atom. The Labute approximate surface area is 160 Å². The molecule has 1 aromatic heterocycles. The number of hydrogen-bond donors (Lipinski definition) is 1. The van der Waals surface area contributed by atoms with E-state index in [4.69, 9.17) is 16.6 Å². The van der Waals surface area contributed by atoms with Crippen LogP contribution in [0.3, 0.4) is 0 Å². The number of anilines is 1. The third-order valence-electron chi connectivity index (χ3n) is 4.80. The molecule has 5 rings (SSSR count). The van der Waals surface area contributed by atoms with E-state index in [1.54, 1.807) is 11.3 Å². The average Bonchev–Trinajstić information content (AvgIpc) is 3.38. The van der Waals surface area contributed by atoms with Gasteiger partial charge >= 0.3 is 0 Å². The molecule has 0 saturated heterocycles. The minimum absolute atomic E-state index is 0.0906. The third-order valence-corrected chi connectivity index (χ3v) is 5.96. The van der Waals surface area contributed by atoms with Gasteiger partial charge in [-0.25, -0.2) is 4.98 Å². The minimum Gasteiger partial charge on any atom is -0.359 e. The lowest BCUT2D eigenvalue weighted by atomic mass is 10.1. The van der Waals surface area contributed by atoms with E-state index in [1.807, 2.05) is 58.8 Å². The molecule has 1 fully saturated rings. The fourth-order valence-electron chi connectivity index (χ4n) is 3.35. The zero-order valence-corrected chi connectivity index (χ0v) is 15.4. The Kier molecular flexibility index (Phi) is 3.72. The topological polar surface area (TPSA) is 45.2 Å². The Morgan fingerprint density at radius 2 is 1.88 bits per heavy atom. The highest BCUT2D eigenvalue weighted by molar-refractivity contribution is 7.13. The molecule has 26 heavy (non-hydrogen) atoms. The molecule has 1 aliphatic heterocycles. The van der Waals surface area contributed by atoms with Crippen LogP contribution < -0.4 is 5.32 Å². The van der Waals surface area contributed by atoms with Crippen LogP contribution in [0.4, 0.5) is 5.69 Å². The van der Waals surface area contributed by atoms with Crippen molar-refractivity contribution in [3.05, 3.63) is 70.2 Å². The summed E-state index contributed by atoms with van der Waals surface area (Å²) in [6, 6.07) is 15.7. The first-order valence-electron chi connectivity index (χ1n) is 8.60. The smallest absolute Gasteiger partial charge is 0.258 e. The summed E-state index contributed by atoms with van der Waals surface area (Å²) >= 11 is 7.57. The molecule has 0 radical (unpaired) electrons. The van der Waals surface area contributed by atoms with Crippen molar-refractivity contribution in [1.82, 2.24) is 9.88 Å². The molecule has 2 aromatic carbocycles. The second-order valence-electron chi connectivity index (χ2n) is 6.62. The lowest BCUT2D eigenvalue weighted by Gasteiger charge is -2.37. The van der Waals surface area contributed by atoms with Crippen LogP contribution in [0.25, 0.3) is 10.6 Å². The van der Waals surface area contributed by atoms with Crippen molar-refractivity contribution < 1.29 is 4.79 Å². The number of aromatic nitrogens is 1. The Hall–Kier alpha value is -2.37. The zero-order valence-electron chi connectivity index (χ0n) is 13.9. The molecule has 130 valence electrons. The molecular weight excluding hydrogens is 366 g/mol. The largest absolute Gasteiger partial charge is 0.359 e. The van der Waals surface area contributed by atoms with Crippen LogP contribution >= 0.6 is 22.9 Å². The van der Waals surface area contributed by atoms with E-state index in [-0.39, 0.29) is 12.1 Å². The first-order chi connectivity index (χ1) is 12.7. The van der Waals surface area contributed by atoms with Gasteiger partial charge in [0.2, 0.25) is 0 Å². The van der Waals surface area contributed by atoms with E-state index in [9.17, 15) is 4.79 Å². The van der Waals surface area contributed by atoms with Crippen molar-refractivity contribution in [1.29, 1.82) is 0 Å². The first-order valence-corrected chi connectivity index (χ1v) is 9.86. The van der Waals surface area contributed by atoms with Gasteiger partial charge in [-0.05, 0) is 37.1 Å². The summed E-state index contributed by atoms with van der Waals surface area (Å²) in [6.07, 6.45) is 1.89. The van der Waals surface area contributed by atoms with E-state index in [2.05, 4.69) is 5.32 Å². The zero-order chi connectivity index (χ0) is 17.7. The summed E-state index contributed by atoms with van der Waals surface area (Å²) in [5.41, 5.74) is 3.53. The van der Waals surface area contributed by atoms with Gasteiger partial charge in [-0.1, -0.05) is 35.9 Å². The van der Waals surface area contributed by atoms with E-state index in [0.29, 0.717) is 11.1 Å². The molecular formula is C20H16ClN3OS. The normalized spacial score (nSPS) is 19.2. The van der Waals surface area contributed by atoms with Gasteiger partial charge in [0.15, 0.2) is 0 Å². The van der Waals surface area contributed by atoms with Gasteiger partial charge in [0.25, 0.3) is 5.91 Å². The molecule has 1 aliphatic carbocycles. The number of rotatable bonds is 3. The number of thiazole rings is 1. The molecule has 3 aromatic rings. The molecule has 4 nitrogen and oxygen atoms in total. The summed E-state index contributed by atoms with van der Waals surface area (Å²) in [5.74, 6) is 0.0906. The molecule has 1 saturated carbocycles. The predicted octanol–water partition coefficient (Wildman–Crippen LogP) is 5.19. The van der Waals surface area contributed by atoms with Gasteiger partial charge in [0, 0.05) is 27.7 Å². The number of hydrogen-bond acceptors (Lipinski definition) is 4. The van der Waals surface area contributed by atoms with Gasteiger partial charge in [-0.2, -0.15) is 0 Å². The number of nitrogens with one attached hydrogen (secondary N) is 1. The van der Waals surface area contributed by atoms with Crippen LogP contribution in [0.15, 0.2) is 53.9 Å². The Bertz CT molecular complexity index is 981. The van der Waals surface area contributed by atoms with Crippen LogP contribution in [0.1, 0.15) is 35.1 Å². The quantitative estimate of drug-likeness (QED) is 0.678. The molecule has 2 aliphatic rings. The van der Waals surface area contributed by atoms with Crippen molar-refractivity contribution in [3.63, 3.8) is 0 Å². The molecule has 0 bridgehead atoms. The van der Waals surface area contributed by atoms with Crippen molar-refractivity contribution in [2.45, 2.75) is 25.0 Å². The number of amides is 1. The van der Waals surface area contributed by atoms with Crippen LogP contribution in [-0.2, 0) is 0 Å². The highest BCUT2D eigenvalue weighted by Gasteiger charge is 2.42. The highest BCUT2D eigenvalue weighted by atomic mass is 35.5. The predicted molar refractivity (Wildman–Crippen MR) is 105 cm³/mol. The van der Waals surface area contributed by atoms with Crippen LogP contribution in [-0.4, -0.2) is 21.8 Å². The standard InChI is InChI=1S/C20H16ClN3OS/c21-13-7-5-12(6-8-13)19-23-17(11-26-19)18-22-16-4-2-1-3-15(16)20(25)24(18)14-9-10-14/h1-8,11,14,18,22H,9-10H2/t18-/m0/s1. The van der Waals surface area contributed by atoms with E-state index < -0.39 is 0 Å². The summed E-state index contributed by atoms with van der Waals surface area (Å²) in [4.78, 5) is 19.8. The fraction of sp³-hybridized carbons (Fsp3) is 0.200. The van der Waals surface area contributed by atoms with Crippen molar-refractivity contribution in [3.8, 4) is 10.6 Å². The summed E-state index contributed by atoms with van der Waals surface area (Å²) in [7, 11) is 0. The number of nitrogens with zero attached hydrogens (tertiary/aromatic N) is 2. The number of carbonyl (C=O) groups excluding carboxylic acids is 1. The fourth-order valence-corrected chi connectivity index (χ4v) is 4.32. The maximum atomic E-state index is 13.0. The molecule has 2 heterocycles. The van der Waals surface area contributed by atoms with Crippen LogP contribution in [0.5, 0.6) is 0 Å². The summed E-state index contributed by atoms with van der Waals surface area (Å²) < 4.78 is 0. The average molecular weight is 382 g/mol. The maximum absolute atomic E-state index is 13.0. The SMILES string of the molecule is O=C1c2ccccc2N[C@H](c2csc(-c3ccc(Cl)cc3)n2)N1C1CC1. The van der Waals surface area contributed by atoms with Crippen LogP contribution in [0, 0.1) is 0 Å². The van der Waals surface area contributed by atoms with Gasteiger partial charge in [-0.15, -0.1) is 11.3 Å². The second kappa shape index (κ2) is 6.11. The maximum Gasteiger partial charge on any atom is 0.258 e. The van der Waals surface area contributed by atoms with Gasteiger partial charge in [-0.3, -0.25) is 4.79 Å². The monoisotopic (exact) mass is 381 g/mol. The van der Waals surface area contributed by atoms with Crippen molar-refractivity contribution in [2.75, 3.05) is 5.32 Å². The van der Waals surface area contributed by atoms with Crippen molar-refractivity contribution >= 4 is 34.5 Å². The van der Waals surface area contributed by atoms with Gasteiger partial charge < -0.3 is 10.2 Å².